The Kier molecular flexibility index (Phi) is 6.52. The first-order valence-electron chi connectivity index (χ1n) is 9.73. The predicted octanol–water partition coefficient (Wildman–Crippen LogP) is 3.81. The number of methoxy groups -OCH3 is 1. The number of aliphatic carboxylic acids is 1. The number of carboxylic acids is 1. The first kappa shape index (κ1) is 21.1. The van der Waals surface area contributed by atoms with Gasteiger partial charge < -0.3 is 15.2 Å². The molecule has 3 aromatic carbocycles. The van der Waals surface area contributed by atoms with Gasteiger partial charge >= 0.3 is 5.97 Å². The second-order valence-electron chi connectivity index (χ2n) is 7.27. The van der Waals surface area contributed by atoms with E-state index in [4.69, 9.17) is 4.74 Å². The second-order valence-corrected chi connectivity index (χ2v) is 7.27. The van der Waals surface area contributed by atoms with Gasteiger partial charge in [0.15, 0.2) is 0 Å². The lowest BCUT2D eigenvalue weighted by Crippen LogP contribution is -2.50. The maximum Gasteiger partial charge on any atom is 0.326 e. The molecule has 0 aliphatic carbocycles. The van der Waals surface area contributed by atoms with Gasteiger partial charge in [0, 0.05) is 6.42 Å². The Hall–Kier alpha value is -3.60. The van der Waals surface area contributed by atoms with Crippen molar-refractivity contribution < 1.29 is 19.4 Å². The van der Waals surface area contributed by atoms with Gasteiger partial charge in [-0.15, -0.1) is 0 Å². The minimum absolute atomic E-state index is 0.171. The van der Waals surface area contributed by atoms with Gasteiger partial charge in [-0.1, -0.05) is 72.8 Å². The standard InChI is InChI=1S/C25H25NO4/c1-25(19-9-5-3-6-10-19,20-11-7-4-8-12-20)24(29)26-22(23(27)28)17-18-13-15-21(30-2)16-14-18/h3-16,22H,17H2,1-2H3,(H,26,29)(H,27,28)/t22-/m1/s1. The topological polar surface area (TPSA) is 75.6 Å². The third-order valence-electron chi connectivity index (χ3n) is 5.36. The first-order chi connectivity index (χ1) is 14.4. The highest BCUT2D eigenvalue weighted by Crippen LogP contribution is 2.32. The molecule has 0 heterocycles. The fourth-order valence-corrected chi connectivity index (χ4v) is 3.47. The maximum atomic E-state index is 13.5. The Balaban J connectivity index is 1.90. The van der Waals surface area contributed by atoms with E-state index in [1.54, 1.807) is 31.4 Å². The Bertz CT molecular complexity index is 945. The van der Waals surface area contributed by atoms with Crippen LogP contribution >= 0.6 is 0 Å². The number of rotatable bonds is 8. The van der Waals surface area contributed by atoms with Crippen LogP contribution in [0.1, 0.15) is 23.6 Å². The number of amides is 1. The normalized spacial score (nSPS) is 12.1. The van der Waals surface area contributed by atoms with E-state index in [1.165, 1.54) is 0 Å². The fourth-order valence-electron chi connectivity index (χ4n) is 3.47. The van der Waals surface area contributed by atoms with Crippen LogP contribution in [0.5, 0.6) is 5.75 Å². The van der Waals surface area contributed by atoms with Crippen molar-refractivity contribution in [2.24, 2.45) is 0 Å². The van der Waals surface area contributed by atoms with Crippen LogP contribution in [0.25, 0.3) is 0 Å². The molecule has 0 saturated heterocycles. The lowest BCUT2D eigenvalue weighted by atomic mass is 9.75. The lowest BCUT2D eigenvalue weighted by molar-refractivity contribution is -0.142. The van der Waals surface area contributed by atoms with Crippen molar-refractivity contribution in [2.75, 3.05) is 7.11 Å². The molecule has 0 spiro atoms. The number of nitrogens with one attached hydrogen (secondary N) is 1. The summed E-state index contributed by atoms with van der Waals surface area (Å²) in [4.78, 5) is 25.4. The predicted molar refractivity (Wildman–Crippen MR) is 116 cm³/mol. The fraction of sp³-hybridized carbons (Fsp3) is 0.200. The molecule has 2 N–H and O–H groups in total. The van der Waals surface area contributed by atoms with Crippen LogP contribution in [0.2, 0.25) is 0 Å². The van der Waals surface area contributed by atoms with Gasteiger partial charge in [-0.05, 0) is 35.7 Å². The first-order valence-corrected chi connectivity index (χ1v) is 9.73. The average Bonchev–Trinajstić information content (AvgIpc) is 2.79. The van der Waals surface area contributed by atoms with Gasteiger partial charge in [0.25, 0.3) is 0 Å². The zero-order chi connectivity index (χ0) is 21.6. The van der Waals surface area contributed by atoms with Crippen molar-refractivity contribution in [3.63, 3.8) is 0 Å². The van der Waals surface area contributed by atoms with E-state index in [9.17, 15) is 14.7 Å². The molecule has 0 unspecified atom stereocenters. The summed E-state index contributed by atoms with van der Waals surface area (Å²) in [6, 6.07) is 24.9. The summed E-state index contributed by atoms with van der Waals surface area (Å²) in [5.74, 6) is -0.751. The number of carboxylic acid groups (broad SMARTS) is 1. The Morgan fingerprint density at radius 3 is 1.83 bits per heavy atom. The quantitative estimate of drug-likeness (QED) is 0.600. The van der Waals surface area contributed by atoms with Crippen LogP contribution in [-0.4, -0.2) is 30.1 Å². The smallest absolute Gasteiger partial charge is 0.326 e. The summed E-state index contributed by atoms with van der Waals surface area (Å²) in [6.45, 7) is 1.82. The summed E-state index contributed by atoms with van der Waals surface area (Å²) in [7, 11) is 1.57. The van der Waals surface area contributed by atoms with E-state index >= 15 is 0 Å². The summed E-state index contributed by atoms with van der Waals surface area (Å²) < 4.78 is 5.14. The van der Waals surface area contributed by atoms with E-state index in [1.807, 2.05) is 67.6 Å². The number of hydrogen-bond donors (Lipinski definition) is 2. The largest absolute Gasteiger partial charge is 0.497 e. The highest BCUT2D eigenvalue weighted by molar-refractivity contribution is 5.94. The van der Waals surface area contributed by atoms with Crippen LogP contribution in [0, 0.1) is 0 Å². The molecule has 30 heavy (non-hydrogen) atoms. The number of benzene rings is 3. The Labute approximate surface area is 176 Å². The van der Waals surface area contributed by atoms with Crippen molar-refractivity contribution in [3.05, 3.63) is 102 Å². The van der Waals surface area contributed by atoms with Gasteiger partial charge in [-0.2, -0.15) is 0 Å². The zero-order valence-corrected chi connectivity index (χ0v) is 17.0. The van der Waals surface area contributed by atoms with Crippen molar-refractivity contribution in [1.29, 1.82) is 0 Å². The molecule has 3 rings (SSSR count). The Morgan fingerprint density at radius 1 is 0.900 bits per heavy atom. The third kappa shape index (κ3) is 4.51. The molecule has 3 aromatic rings. The molecule has 0 bridgehead atoms. The van der Waals surface area contributed by atoms with Crippen LogP contribution in [-0.2, 0) is 21.4 Å². The summed E-state index contributed by atoms with van der Waals surface area (Å²) >= 11 is 0. The SMILES string of the molecule is COc1ccc(C[C@@H](NC(=O)C(C)(c2ccccc2)c2ccccc2)C(=O)O)cc1. The molecule has 1 amide bonds. The van der Waals surface area contributed by atoms with Crippen molar-refractivity contribution in [3.8, 4) is 5.75 Å². The number of hydrogen-bond acceptors (Lipinski definition) is 3. The van der Waals surface area contributed by atoms with Crippen molar-refractivity contribution >= 4 is 11.9 Å². The molecule has 0 fully saturated rings. The molecular formula is C25H25NO4. The molecule has 5 nitrogen and oxygen atoms in total. The summed E-state index contributed by atoms with van der Waals surface area (Å²) in [5.41, 5.74) is 1.35. The minimum atomic E-state index is -1.08. The molecule has 0 aliphatic heterocycles. The molecule has 0 aromatic heterocycles. The van der Waals surface area contributed by atoms with Gasteiger partial charge in [0.05, 0.1) is 12.5 Å². The van der Waals surface area contributed by atoms with Crippen LogP contribution in [0.3, 0.4) is 0 Å². The molecule has 0 radical (unpaired) electrons. The van der Waals surface area contributed by atoms with Gasteiger partial charge in [0.2, 0.25) is 5.91 Å². The van der Waals surface area contributed by atoms with Crippen LogP contribution < -0.4 is 10.1 Å². The van der Waals surface area contributed by atoms with Gasteiger partial charge in [0.1, 0.15) is 11.8 Å². The van der Waals surface area contributed by atoms with Gasteiger partial charge in [-0.3, -0.25) is 4.79 Å². The molecular weight excluding hydrogens is 378 g/mol. The number of carbonyl (C=O) groups excluding carboxylic acids is 1. The average molecular weight is 403 g/mol. The molecule has 154 valence electrons. The van der Waals surface area contributed by atoms with Crippen molar-refractivity contribution in [1.82, 2.24) is 5.32 Å². The molecule has 5 heteroatoms. The molecule has 0 aliphatic rings. The van der Waals surface area contributed by atoms with E-state index in [-0.39, 0.29) is 12.3 Å². The highest BCUT2D eigenvalue weighted by Gasteiger charge is 2.38. The lowest BCUT2D eigenvalue weighted by Gasteiger charge is -2.31. The third-order valence-corrected chi connectivity index (χ3v) is 5.36. The van der Waals surface area contributed by atoms with Crippen molar-refractivity contribution in [2.45, 2.75) is 24.8 Å². The summed E-state index contributed by atoms with van der Waals surface area (Å²) in [6.07, 6.45) is 0.171. The maximum absolute atomic E-state index is 13.5. The van der Waals surface area contributed by atoms with E-state index in [0.29, 0.717) is 5.75 Å². The highest BCUT2D eigenvalue weighted by atomic mass is 16.5. The van der Waals surface area contributed by atoms with Crippen LogP contribution in [0.4, 0.5) is 0 Å². The van der Waals surface area contributed by atoms with Gasteiger partial charge in [-0.25, -0.2) is 4.79 Å². The van der Waals surface area contributed by atoms with E-state index < -0.39 is 17.4 Å². The molecule has 1 atom stereocenters. The second kappa shape index (κ2) is 9.27. The minimum Gasteiger partial charge on any atom is -0.497 e. The number of ether oxygens (including phenoxy) is 1. The van der Waals surface area contributed by atoms with E-state index in [0.717, 1.165) is 16.7 Å². The zero-order valence-electron chi connectivity index (χ0n) is 17.0. The summed E-state index contributed by atoms with van der Waals surface area (Å²) in [5, 5.41) is 12.5. The van der Waals surface area contributed by atoms with Crippen LogP contribution in [0.15, 0.2) is 84.9 Å². The monoisotopic (exact) mass is 403 g/mol. The Morgan fingerprint density at radius 2 is 1.40 bits per heavy atom. The number of carbonyl (C=O) groups is 2. The van der Waals surface area contributed by atoms with E-state index in [2.05, 4.69) is 5.32 Å². The molecule has 0 saturated carbocycles.